The number of amides is 4. The second-order valence-electron chi connectivity index (χ2n) is 14.8. The summed E-state index contributed by atoms with van der Waals surface area (Å²) in [5.74, 6) is -2.48. The number of carbonyl (C=O) groups is 5. The zero-order chi connectivity index (χ0) is 34.6. The number of likely N-dealkylation sites (tertiary alicyclic amines) is 1. The highest BCUT2D eigenvalue weighted by Crippen LogP contribution is 2.40. The van der Waals surface area contributed by atoms with Crippen LogP contribution in [0.5, 0.6) is 0 Å². The van der Waals surface area contributed by atoms with E-state index < -0.39 is 52.6 Å². The molecule has 1 aromatic rings. The van der Waals surface area contributed by atoms with Crippen LogP contribution >= 0.6 is 11.6 Å². The van der Waals surface area contributed by atoms with Crippen LogP contribution in [0.3, 0.4) is 0 Å². The fraction of sp³-hybridized carbons (Fsp3) is 0.657. The van der Waals surface area contributed by atoms with E-state index in [1.165, 1.54) is 4.90 Å². The molecule has 3 fully saturated rings. The Morgan fingerprint density at radius 1 is 1.08 bits per heavy atom. The fourth-order valence-electron chi connectivity index (χ4n) is 6.67. The lowest BCUT2D eigenvalue weighted by Gasteiger charge is -2.36. The quantitative estimate of drug-likeness (QED) is 0.285. The minimum Gasteiger partial charge on any atom is -0.387 e. The Balaban J connectivity index is 1.38. The second kappa shape index (κ2) is 14.9. The Bertz CT molecular complexity index is 1430. The topological polar surface area (TPSA) is 156 Å². The molecule has 3 N–H and O–H groups in total. The largest absolute Gasteiger partial charge is 0.387 e. The molecule has 0 unspecified atom stereocenters. The molecule has 13 heteroatoms. The number of nitrogens with zero attached hydrogens (tertiary/aromatic N) is 2. The van der Waals surface area contributed by atoms with Crippen LogP contribution in [-0.2, 0) is 33.5 Å². The predicted octanol–water partition coefficient (Wildman–Crippen LogP) is 3.28. The van der Waals surface area contributed by atoms with Crippen molar-refractivity contribution in [2.24, 2.45) is 16.5 Å². The highest BCUT2D eigenvalue weighted by atomic mass is 35.5. The van der Waals surface area contributed by atoms with Crippen LogP contribution < -0.4 is 16.0 Å². The number of carbonyl (C=O) groups excluding carboxylic acids is 5. The lowest BCUT2D eigenvalue weighted by atomic mass is 9.85. The number of Topliss-reactive ketones (excluding diaryl/α,β-unsaturated/α-hetero) is 1. The third-order valence-corrected chi connectivity index (χ3v) is 9.80. The van der Waals surface area contributed by atoms with Gasteiger partial charge in [-0.3, -0.25) is 24.0 Å². The van der Waals surface area contributed by atoms with E-state index in [0.29, 0.717) is 36.8 Å². The normalized spacial score (nSPS) is 24.0. The van der Waals surface area contributed by atoms with Gasteiger partial charge in [-0.05, 0) is 55.6 Å². The first-order valence-electron chi connectivity index (χ1n) is 17.1. The minimum atomic E-state index is -1.05. The van der Waals surface area contributed by atoms with Gasteiger partial charge in [-0.25, -0.2) is 0 Å². The molecule has 3 heterocycles. The van der Waals surface area contributed by atoms with Crippen LogP contribution in [0.4, 0.5) is 0 Å². The molecule has 262 valence electrons. The molecule has 4 atom stereocenters. The van der Waals surface area contributed by atoms with Crippen molar-refractivity contribution in [2.75, 3.05) is 19.8 Å². The third-order valence-electron chi connectivity index (χ3n) is 9.56. The van der Waals surface area contributed by atoms with Gasteiger partial charge >= 0.3 is 0 Å². The number of hydrogen-bond acceptors (Lipinski definition) is 8. The van der Waals surface area contributed by atoms with Gasteiger partial charge in [-0.15, -0.1) is 0 Å². The lowest BCUT2D eigenvalue weighted by molar-refractivity contribution is -0.145. The van der Waals surface area contributed by atoms with Crippen LogP contribution in [0.1, 0.15) is 91.0 Å². The van der Waals surface area contributed by atoms with Crippen molar-refractivity contribution in [1.29, 1.82) is 0 Å². The Hall–Kier alpha value is -3.51. The molecule has 48 heavy (non-hydrogen) atoms. The van der Waals surface area contributed by atoms with Crippen molar-refractivity contribution in [3.05, 3.63) is 34.9 Å². The molecule has 1 aromatic carbocycles. The van der Waals surface area contributed by atoms with Gasteiger partial charge in [0.25, 0.3) is 5.91 Å². The first-order valence-corrected chi connectivity index (χ1v) is 17.5. The third kappa shape index (κ3) is 8.74. The molecule has 2 saturated heterocycles. The smallest absolute Gasteiger partial charge is 0.289 e. The second-order valence-corrected chi connectivity index (χ2v) is 15.2. The van der Waals surface area contributed by atoms with Crippen molar-refractivity contribution < 1.29 is 33.5 Å². The number of ketones is 1. The van der Waals surface area contributed by atoms with Crippen molar-refractivity contribution >= 4 is 46.7 Å². The highest BCUT2D eigenvalue weighted by Gasteiger charge is 2.55. The summed E-state index contributed by atoms with van der Waals surface area (Å²) < 4.78 is 5.43. The van der Waals surface area contributed by atoms with E-state index in [-0.39, 0.29) is 43.7 Å². The molecule has 0 aromatic heterocycles. The summed E-state index contributed by atoms with van der Waals surface area (Å²) in [6.45, 7) is 8.72. The molecule has 3 aliphatic heterocycles. The zero-order valence-electron chi connectivity index (χ0n) is 28.3. The number of benzene rings is 1. The number of rotatable bonds is 12. The minimum absolute atomic E-state index is 0.00794. The highest BCUT2D eigenvalue weighted by molar-refractivity contribution is 6.38. The molecule has 5 rings (SSSR count). The summed E-state index contributed by atoms with van der Waals surface area (Å²) in [7, 11) is 0. The molecular formula is C35H48ClN5O7. The number of halogens is 1. The van der Waals surface area contributed by atoms with Crippen molar-refractivity contribution in [3.8, 4) is 0 Å². The average molecular weight is 686 g/mol. The van der Waals surface area contributed by atoms with E-state index >= 15 is 0 Å². The van der Waals surface area contributed by atoms with E-state index in [4.69, 9.17) is 21.2 Å². The Morgan fingerprint density at radius 2 is 1.81 bits per heavy atom. The molecule has 4 amide bonds. The maximum atomic E-state index is 14.5. The van der Waals surface area contributed by atoms with Crippen LogP contribution in [0, 0.1) is 11.3 Å². The van der Waals surface area contributed by atoms with Crippen LogP contribution in [0.25, 0.3) is 0 Å². The molecule has 1 saturated carbocycles. The van der Waals surface area contributed by atoms with Gasteiger partial charge in [0.2, 0.25) is 23.5 Å². The lowest BCUT2D eigenvalue weighted by Crippen LogP contribution is -2.59. The molecule has 1 spiro atoms. The summed E-state index contributed by atoms with van der Waals surface area (Å²) in [4.78, 5) is 75.2. The predicted molar refractivity (Wildman–Crippen MR) is 179 cm³/mol. The van der Waals surface area contributed by atoms with E-state index in [2.05, 4.69) is 21.1 Å². The number of oxime groups is 1. The number of hydrogen-bond donors (Lipinski definition) is 3. The summed E-state index contributed by atoms with van der Waals surface area (Å²) in [5, 5.41) is 13.4. The van der Waals surface area contributed by atoms with Gasteiger partial charge in [0, 0.05) is 49.1 Å². The van der Waals surface area contributed by atoms with E-state index in [0.717, 1.165) is 31.2 Å². The summed E-state index contributed by atoms with van der Waals surface area (Å²) in [5.41, 5.74) is -0.302. The monoisotopic (exact) mass is 685 g/mol. The Labute approximate surface area is 287 Å². The van der Waals surface area contributed by atoms with Gasteiger partial charge in [0.15, 0.2) is 5.60 Å². The Kier molecular flexibility index (Phi) is 11.1. The molecule has 12 nitrogen and oxygen atoms in total. The van der Waals surface area contributed by atoms with Crippen molar-refractivity contribution in [2.45, 2.75) is 115 Å². The van der Waals surface area contributed by atoms with Crippen LogP contribution in [0.2, 0.25) is 5.02 Å². The first kappa shape index (κ1) is 35.8. The van der Waals surface area contributed by atoms with Crippen LogP contribution in [0.15, 0.2) is 29.4 Å². The van der Waals surface area contributed by atoms with E-state index in [1.54, 1.807) is 12.1 Å². The van der Waals surface area contributed by atoms with Gasteiger partial charge < -0.3 is 30.4 Å². The van der Waals surface area contributed by atoms with Crippen LogP contribution in [-0.4, -0.2) is 89.6 Å². The number of ether oxygens (including phenoxy) is 1. The maximum Gasteiger partial charge on any atom is 0.289 e. The molecule has 1 aliphatic carbocycles. The maximum absolute atomic E-state index is 14.5. The first-order chi connectivity index (χ1) is 22.8. The fourth-order valence-corrected chi connectivity index (χ4v) is 6.86. The summed E-state index contributed by atoms with van der Waals surface area (Å²) in [6, 6.07) is 4.18. The number of nitrogens with one attached hydrogen (secondary N) is 3. The van der Waals surface area contributed by atoms with Gasteiger partial charge in [-0.2, -0.15) is 0 Å². The summed E-state index contributed by atoms with van der Waals surface area (Å²) in [6.07, 6.45) is 4.72. The standard InChI is InChI=1S/C35H48ClN5O7/c1-5-7-25(29(43)32(45)37-24-10-11-24)38-31(44)27-19-35(18-26(40-48-35)22-8-6-9-23(36)17-22)20-41(27)33(46)30(34(2,3)4)39-28(42)16-21-12-14-47-15-13-21/h6,8-9,17,21,24-25,27,30H,5,7,10-16,18-20H2,1-4H3,(H,37,45)(H,38,44)(H,39,42)/t25-,27-,30+,35+/m0/s1. The SMILES string of the molecule is CCC[C@H](NC(=O)[C@@H]1C[C@]2(CC(c3cccc(Cl)c3)=NO2)CN1C(=O)[C@@H](NC(=O)CC1CCOCC1)C(C)(C)C)C(=O)C(=O)NC1CC1. The molecule has 0 bridgehead atoms. The van der Waals surface area contributed by atoms with Crippen molar-refractivity contribution in [3.63, 3.8) is 0 Å². The van der Waals surface area contributed by atoms with E-state index in [9.17, 15) is 24.0 Å². The molecule has 4 aliphatic rings. The van der Waals surface area contributed by atoms with Gasteiger partial charge in [0.1, 0.15) is 12.1 Å². The molecular weight excluding hydrogens is 638 g/mol. The molecule has 0 radical (unpaired) electrons. The van der Waals surface area contributed by atoms with E-state index in [1.807, 2.05) is 39.8 Å². The van der Waals surface area contributed by atoms with Gasteiger partial charge in [-0.1, -0.05) is 63.0 Å². The Morgan fingerprint density at radius 3 is 2.46 bits per heavy atom. The van der Waals surface area contributed by atoms with Gasteiger partial charge in [0.05, 0.1) is 18.3 Å². The summed E-state index contributed by atoms with van der Waals surface area (Å²) >= 11 is 6.24. The van der Waals surface area contributed by atoms with Crippen molar-refractivity contribution in [1.82, 2.24) is 20.9 Å². The average Bonchev–Trinajstić information content (AvgIpc) is 3.63. The zero-order valence-corrected chi connectivity index (χ0v) is 29.1.